The van der Waals surface area contributed by atoms with Crippen molar-refractivity contribution in [3.63, 3.8) is 0 Å². The average Bonchev–Trinajstić information content (AvgIpc) is 2.76. The molecule has 0 radical (unpaired) electrons. The van der Waals surface area contributed by atoms with Gasteiger partial charge in [0.2, 0.25) is 0 Å². The van der Waals surface area contributed by atoms with Gasteiger partial charge in [-0.1, -0.05) is 39.3 Å². The highest BCUT2D eigenvalue weighted by molar-refractivity contribution is 5.24. The number of hydrogen-bond acceptors (Lipinski definition) is 0. The van der Waals surface area contributed by atoms with Gasteiger partial charge in [0.1, 0.15) is 0 Å². The van der Waals surface area contributed by atoms with Crippen molar-refractivity contribution in [3.05, 3.63) is 11.6 Å². The second-order valence-corrected chi connectivity index (χ2v) is 9.63. The first-order valence-corrected chi connectivity index (χ1v) is 9.64. The molecule has 4 aliphatic carbocycles. The predicted molar refractivity (Wildman–Crippen MR) is 90.0 cm³/mol. The molecule has 3 fully saturated rings. The van der Waals surface area contributed by atoms with Crippen LogP contribution in [0.5, 0.6) is 0 Å². The van der Waals surface area contributed by atoms with Crippen LogP contribution in [0, 0.1) is 40.4 Å². The van der Waals surface area contributed by atoms with Gasteiger partial charge in [-0.2, -0.15) is 0 Å². The third-order valence-corrected chi connectivity index (χ3v) is 8.82. The zero-order valence-electron chi connectivity index (χ0n) is 14.6. The fraction of sp³-hybridized carbons (Fsp3) is 0.905. The molecule has 4 rings (SSSR count). The minimum absolute atomic E-state index is 0.572. The summed E-state index contributed by atoms with van der Waals surface area (Å²) >= 11 is 0. The first kappa shape index (κ1) is 14.3. The summed E-state index contributed by atoms with van der Waals surface area (Å²) in [6, 6.07) is 0. The Hall–Kier alpha value is -0.260. The average molecular weight is 287 g/mol. The lowest BCUT2D eigenvalue weighted by molar-refractivity contribution is -0.0411. The lowest BCUT2D eigenvalue weighted by Crippen LogP contribution is -2.49. The molecule has 3 unspecified atom stereocenters. The van der Waals surface area contributed by atoms with Gasteiger partial charge in [0.05, 0.1) is 0 Å². The van der Waals surface area contributed by atoms with Gasteiger partial charge >= 0.3 is 0 Å². The summed E-state index contributed by atoms with van der Waals surface area (Å²) in [5.74, 6) is 4.94. The van der Waals surface area contributed by atoms with Gasteiger partial charge in [0, 0.05) is 0 Å². The van der Waals surface area contributed by atoms with Gasteiger partial charge < -0.3 is 0 Å². The lowest BCUT2D eigenvalue weighted by atomic mass is 9.47. The van der Waals surface area contributed by atoms with Crippen molar-refractivity contribution in [1.82, 2.24) is 0 Å². The topological polar surface area (TPSA) is 0 Å². The zero-order chi connectivity index (χ0) is 14.8. The highest BCUT2D eigenvalue weighted by Crippen LogP contribution is 2.66. The number of hydrogen-bond donors (Lipinski definition) is 0. The molecule has 3 saturated carbocycles. The van der Waals surface area contributed by atoms with E-state index in [1.165, 1.54) is 51.4 Å². The maximum atomic E-state index is 2.71. The monoisotopic (exact) mass is 286 g/mol. The van der Waals surface area contributed by atoms with Gasteiger partial charge in [-0.3, -0.25) is 0 Å². The van der Waals surface area contributed by atoms with E-state index in [1.807, 2.05) is 5.57 Å². The molecule has 0 spiro atoms. The van der Waals surface area contributed by atoms with Crippen LogP contribution >= 0.6 is 0 Å². The molecule has 0 aromatic carbocycles. The fourth-order valence-electron chi connectivity index (χ4n) is 7.11. The van der Waals surface area contributed by atoms with E-state index in [2.05, 4.69) is 33.8 Å². The van der Waals surface area contributed by atoms with E-state index in [0.29, 0.717) is 10.8 Å². The molecule has 0 bridgehead atoms. The van der Waals surface area contributed by atoms with Crippen molar-refractivity contribution >= 4 is 0 Å². The van der Waals surface area contributed by atoms with Crippen LogP contribution in [0.4, 0.5) is 0 Å². The van der Waals surface area contributed by atoms with Crippen molar-refractivity contribution in [3.8, 4) is 0 Å². The predicted octanol–water partition coefficient (Wildman–Crippen LogP) is 6.22. The van der Waals surface area contributed by atoms with Crippen molar-refractivity contribution in [2.45, 2.75) is 79.1 Å². The smallest absolute Gasteiger partial charge is 0.00851 e. The third-order valence-electron chi connectivity index (χ3n) is 8.82. The van der Waals surface area contributed by atoms with Crippen LogP contribution in [-0.4, -0.2) is 0 Å². The van der Waals surface area contributed by atoms with Gasteiger partial charge in [0.15, 0.2) is 0 Å². The van der Waals surface area contributed by atoms with Crippen LogP contribution in [-0.2, 0) is 0 Å². The highest BCUT2D eigenvalue weighted by Gasteiger charge is 2.57. The Labute approximate surface area is 131 Å². The van der Waals surface area contributed by atoms with Crippen LogP contribution in [0.1, 0.15) is 79.1 Å². The van der Waals surface area contributed by atoms with E-state index >= 15 is 0 Å². The van der Waals surface area contributed by atoms with E-state index in [9.17, 15) is 0 Å². The van der Waals surface area contributed by atoms with E-state index in [4.69, 9.17) is 0 Å². The first-order chi connectivity index (χ1) is 9.95. The summed E-state index contributed by atoms with van der Waals surface area (Å²) < 4.78 is 0. The molecule has 0 nitrogen and oxygen atoms in total. The van der Waals surface area contributed by atoms with Crippen molar-refractivity contribution < 1.29 is 0 Å². The van der Waals surface area contributed by atoms with Crippen LogP contribution < -0.4 is 0 Å². The van der Waals surface area contributed by atoms with Gasteiger partial charge in [-0.05, 0) is 91.8 Å². The van der Waals surface area contributed by atoms with E-state index < -0.39 is 0 Å². The summed E-state index contributed by atoms with van der Waals surface area (Å²) in [5, 5.41) is 0. The highest BCUT2D eigenvalue weighted by atomic mass is 14.6. The maximum Gasteiger partial charge on any atom is -0.00851 e. The second kappa shape index (κ2) is 4.62. The van der Waals surface area contributed by atoms with Crippen molar-refractivity contribution in [2.75, 3.05) is 0 Å². The second-order valence-electron chi connectivity index (χ2n) is 9.63. The zero-order valence-corrected chi connectivity index (χ0v) is 14.6. The van der Waals surface area contributed by atoms with E-state index in [1.54, 1.807) is 0 Å². The molecule has 0 aromatic rings. The third kappa shape index (κ3) is 1.86. The Balaban J connectivity index is 1.68. The standard InChI is InChI=1S/C21H34/c1-14-9-11-21(4)16(13-14)6-7-17-18-8-5-15(2)20(18,3)12-10-19(17)21/h6,14-15,17-19H,5,7-13H2,1-4H3/t14-,15-,17?,18?,19?,20+,21-/m0/s1. The summed E-state index contributed by atoms with van der Waals surface area (Å²) in [7, 11) is 0. The van der Waals surface area contributed by atoms with Crippen LogP contribution in [0.2, 0.25) is 0 Å². The summed E-state index contributed by atoms with van der Waals surface area (Å²) in [4.78, 5) is 0. The number of rotatable bonds is 0. The SMILES string of the molecule is C[C@H]1CC[C@@]2(C)C(=CCC3C2CC[C@@]2(C)C3CC[C@@H]2C)C1. The Morgan fingerprint density at radius 1 is 0.952 bits per heavy atom. The largest absolute Gasteiger partial charge is 0.0845 e. The van der Waals surface area contributed by atoms with Gasteiger partial charge in [0.25, 0.3) is 0 Å². The van der Waals surface area contributed by atoms with Gasteiger partial charge in [-0.15, -0.1) is 0 Å². The summed E-state index contributed by atoms with van der Waals surface area (Å²) in [6.07, 6.45) is 14.5. The molecule has 4 aliphatic rings. The molecule has 118 valence electrons. The minimum atomic E-state index is 0.572. The molecule has 0 amide bonds. The Morgan fingerprint density at radius 3 is 2.57 bits per heavy atom. The lowest BCUT2D eigenvalue weighted by Gasteiger charge is -2.58. The van der Waals surface area contributed by atoms with Crippen molar-refractivity contribution in [2.24, 2.45) is 40.4 Å². The molecule has 0 N–H and O–H groups in total. The maximum absolute atomic E-state index is 2.71. The molecule has 0 heteroatoms. The molecule has 0 aliphatic heterocycles. The molecule has 0 heterocycles. The Kier molecular flexibility index (Phi) is 3.15. The Bertz CT molecular complexity index is 461. The minimum Gasteiger partial charge on any atom is -0.0845 e. The van der Waals surface area contributed by atoms with Crippen LogP contribution in [0.15, 0.2) is 11.6 Å². The van der Waals surface area contributed by atoms with E-state index in [0.717, 1.165) is 29.6 Å². The molecular formula is C21H34. The number of allylic oxidation sites excluding steroid dienone is 2. The molecule has 7 atom stereocenters. The summed E-state index contributed by atoms with van der Waals surface area (Å²) in [6.45, 7) is 10.3. The first-order valence-electron chi connectivity index (χ1n) is 9.64. The van der Waals surface area contributed by atoms with Gasteiger partial charge in [-0.25, -0.2) is 0 Å². The molecule has 0 saturated heterocycles. The molecule has 0 aromatic heterocycles. The normalized spacial score (nSPS) is 56.2. The molecular weight excluding hydrogens is 252 g/mol. The Morgan fingerprint density at radius 2 is 1.76 bits per heavy atom. The van der Waals surface area contributed by atoms with Crippen molar-refractivity contribution in [1.29, 1.82) is 0 Å². The van der Waals surface area contributed by atoms with Crippen LogP contribution in [0.25, 0.3) is 0 Å². The summed E-state index contributed by atoms with van der Waals surface area (Å²) in [5.41, 5.74) is 3.10. The molecule has 21 heavy (non-hydrogen) atoms. The van der Waals surface area contributed by atoms with E-state index in [-0.39, 0.29) is 0 Å². The fourth-order valence-corrected chi connectivity index (χ4v) is 7.11. The quantitative estimate of drug-likeness (QED) is 0.464. The number of fused-ring (bicyclic) bond motifs is 5. The van der Waals surface area contributed by atoms with Crippen LogP contribution in [0.3, 0.4) is 0 Å².